The number of aryl methyl sites for hydroxylation is 1. The lowest BCUT2D eigenvalue weighted by Gasteiger charge is -2.08. The molecule has 3 aromatic rings. The van der Waals surface area contributed by atoms with Crippen molar-refractivity contribution >= 4 is 50.7 Å². The fourth-order valence-electron chi connectivity index (χ4n) is 2.49. The molecule has 0 aliphatic heterocycles. The molecule has 146 valence electrons. The van der Waals surface area contributed by atoms with E-state index in [1.165, 1.54) is 29.0 Å². The van der Waals surface area contributed by atoms with E-state index in [-0.39, 0.29) is 10.7 Å². The molecule has 0 radical (unpaired) electrons. The van der Waals surface area contributed by atoms with Crippen molar-refractivity contribution in [2.75, 3.05) is 0 Å². The molecule has 0 aliphatic carbocycles. The highest BCUT2D eigenvalue weighted by Crippen LogP contribution is 2.25. The van der Waals surface area contributed by atoms with Crippen LogP contribution in [-0.4, -0.2) is 23.9 Å². The summed E-state index contributed by atoms with van der Waals surface area (Å²) in [4.78, 5) is 15.6. The lowest BCUT2D eigenvalue weighted by molar-refractivity contribution is 0.0977. The Morgan fingerprint density at radius 3 is 2.39 bits per heavy atom. The van der Waals surface area contributed by atoms with Crippen molar-refractivity contribution in [2.24, 2.45) is 0 Å². The number of nitrogens with zero attached hydrogens (tertiary/aromatic N) is 2. The van der Waals surface area contributed by atoms with Crippen LogP contribution in [0.25, 0.3) is 5.69 Å². The third-order valence-electron chi connectivity index (χ3n) is 3.66. The summed E-state index contributed by atoms with van der Waals surface area (Å²) in [6.07, 6.45) is 1.31. The van der Waals surface area contributed by atoms with Crippen LogP contribution in [0, 0.1) is 12.7 Å². The molecule has 0 unspecified atom stereocenters. The van der Waals surface area contributed by atoms with Crippen molar-refractivity contribution in [3.05, 3.63) is 75.0 Å². The smallest absolute Gasteiger partial charge is 0.285 e. The summed E-state index contributed by atoms with van der Waals surface area (Å²) in [5.41, 5.74) is 0.325. The second-order valence-corrected chi connectivity index (χ2v) is 8.56. The van der Waals surface area contributed by atoms with Gasteiger partial charge in [0, 0.05) is 21.9 Å². The molecule has 0 bridgehead atoms. The monoisotopic (exact) mass is 461 g/mol. The number of sulfonamides is 1. The van der Waals surface area contributed by atoms with Crippen molar-refractivity contribution in [1.29, 1.82) is 0 Å². The number of aromatic nitrogens is 2. The van der Waals surface area contributed by atoms with E-state index in [0.717, 1.165) is 6.07 Å². The van der Waals surface area contributed by atoms with E-state index in [4.69, 9.17) is 34.8 Å². The average molecular weight is 463 g/mol. The van der Waals surface area contributed by atoms with Crippen molar-refractivity contribution in [1.82, 2.24) is 14.3 Å². The SMILES string of the molecule is Cc1nc(C(=O)NS(=O)(=O)c2c(F)cccc2Cl)cn1-c1cc(Cl)cc(Cl)c1. The summed E-state index contributed by atoms with van der Waals surface area (Å²) in [6, 6.07) is 8.11. The van der Waals surface area contributed by atoms with E-state index >= 15 is 0 Å². The number of nitrogens with one attached hydrogen (secondary N) is 1. The fourth-order valence-corrected chi connectivity index (χ4v) is 4.57. The molecule has 1 aromatic heterocycles. The number of carbonyl (C=O) groups is 1. The van der Waals surface area contributed by atoms with E-state index < -0.39 is 26.6 Å². The van der Waals surface area contributed by atoms with Crippen molar-refractivity contribution in [3.63, 3.8) is 0 Å². The number of halogens is 4. The molecule has 0 atom stereocenters. The molecule has 2 aromatic carbocycles. The predicted molar refractivity (Wildman–Crippen MR) is 104 cm³/mol. The summed E-state index contributed by atoms with van der Waals surface area (Å²) >= 11 is 17.7. The summed E-state index contributed by atoms with van der Waals surface area (Å²) < 4.78 is 41.9. The number of hydrogen-bond acceptors (Lipinski definition) is 4. The van der Waals surface area contributed by atoms with Gasteiger partial charge in [0.25, 0.3) is 15.9 Å². The van der Waals surface area contributed by atoms with E-state index in [9.17, 15) is 17.6 Å². The van der Waals surface area contributed by atoms with Gasteiger partial charge in [0.1, 0.15) is 22.2 Å². The van der Waals surface area contributed by atoms with Gasteiger partial charge < -0.3 is 4.57 Å². The third kappa shape index (κ3) is 4.15. The zero-order chi connectivity index (χ0) is 20.6. The Bertz CT molecular complexity index is 1160. The maximum atomic E-state index is 13.9. The number of carbonyl (C=O) groups excluding carboxylic acids is 1. The first kappa shape index (κ1) is 20.6. The van der Waals surface area contributed by atoms with Gasteiger partial charge in [-0.1, -0.05) is 40.9 Å². The molecule has 0 fully saturated rings. The highest BCUT2D eigenvalue weighted by molar-refractivity contribution is 7.90. The maximum Gasteiger partial charge on any atom is 0.285 e. The standard InChI is InChI=1S/C17H11Cl3FN3O3S/c1-9-22-15(8-24(9)12-6-10(18)5-11(19)7-12)17(25)23-28(26,27)16-13(20)3-2-4-14(16)21/h2-8H,1H3,(H,23,25). The van der Waals surface area contributed by atoms with Gasteiger partial charge in [-0.15, -0.1) is 0 Å². The van der Waals surface area contributed by atoms with Crippen LogP contribution in [0.2, 0.25) is 15.1 Å². The number of rotatable bonds is 4. The molecule has 11 heteroatoms. The van der Waals surface area contributed by atoms with E-state index in [0.29, 0.717) is 21.6 Å². The lowest BCUT2D eigenvalue weighted by atomic mass is 10.3. The molecule has 0 aliphatic rings. The van der Waals surface area contributed by atoms with Gasteiger partial charge in [-0.05, 0) is 37.3 Å². The van der Waals surface area contributed by atoms with Gasteiger partial charge >= 0.3 is 0 Å². The summed E-state index contributed by atoms with van der Waals surface area (Å²) in [6.45, 7) is 1.60. The van der Waals surface area contributed by atoms with Crippen LogP contribution >= 0.6 is 34.8 Å². The van der Waals surface area contributed by atoms with Gasteiger partial charge in [-0.25, -0.2) is 22.5 Å². The largest absolute Gasteiger partial charge is 0.303 e. The summed E-state index contributed by atoms with van der Waals surface area (Å²) in [7, 11) is -4.55. The van der Waals surface area contributed by atoms with E-state index in [1.807, 2.05) is 0 Å². The third-order valence-corrected chi connectivity index (χ3v) is 5.93. The Hall–Kier alpha value is -2.13. The minimum absolute atomic E-state index is 0.204. The molecule has 0 saturated heterocycles. The number of hydrogen-bond donors (Lipinski definition) is 1. The second kappa shape index (κ2) is 7.71. The van der Waals surface area contributed by atoms with Crippen LogP contribution < -0.4 is 4.72 Å². The van der Waals surface area contributed by atoms with Crippen LogP contribution in [-0.2, 0) is 10.0 Å². The van der Waals surface area contributed by atoms with Crippen molar-refractivity contribution in [2.45, 2.75) is 11.8 Å². The first-order valence-corrected chi connectivity index (χ1v) is 10.2. The van der Waals surface area contributed by atoms with Crippen molar-refractivity contribution in [3.8, 4) is 5.69 Å². The molecule has 0 spiro atoms. The quantitative estimate of drug-likeness (QED) is 0.623. The highest BCUT2D eigenvalue weighted by atomic mass is 35.5. The topological polar surface area (TPSA) is 81.1 Å². The Labute approximate surface area is 174 Å². The average Bonchev–Trinajstić information content (AvgIpc) is 2.95. The zero-order valence-corrected chi connectivity index (χ0v) is 17.2. The van der Waals surface area contributed by atoms with Crippen LogP contribution in [0.5, 0.6) is 0 Å². The van der Waals surface area contributed by atoms with E-state index in [1.54, 1.807) is 23.8 Å². The molecular formula is C17H11Cl3FN3O3S. The van der Waals surface area contributed by atoms with Crippen LogP contribution in [0.3, 0.4) is 0 Å². The molecular weight excluding hydrogens is 452 g/mol. The van der Waals surface area contributed by atoms with Crippen molar-refractivity contribution < 1.29 is 17.6 Å². The minimum Gasteiger partial charge on any atom is -0.303 e. The molecule has 1 amide bonds. The second-order valence-electron chi connectivity index (χ2n) is 5.66. The van der Waals surface area contributed by atoms with E-state index in [2.05, 4.69) is 4.98 Å². The van der Waals surface area contributed by atoms with Crippen LogP contribution in [0.1, 0.15) is 16.3 Å². The lowest BCUT2D eigenvalue weighted by Crippen LogP contribution is -2.31. The molecule has 6 nitrogen and oxygen atoms in total. The minimum atomic E-state index is -4.55. The summed E-state index contributed by atoms with van der Waals surface area (Å²) in [5, 5.41) is 0.396. The molecule has 28 heavy (non-hydrogen) atoms. The highest BCUT2D eigenvalue weighted by Gasteiger charge is 2.26. The van der Waals surface area contributed by atoms with Crippen LogP contribution in [0.4, 0.5) is 4.39 Å². The van der Waals surface area contributed by atoms with Gasteiger partial charge in [0.05, 0.1) is 5.02 Å². The summed E-state index contributed by atoms with van der Waals surface area (Å²) in [5.74, 6) is -1.75. The zero-order valence-electron chi connectivity index (χ0n) is 14.1. The normalized spacial score (nSPS) is 11.5. The number of benzene rings is 2. The van der Waals surface area contributed by atoms with Gasteiger partial charge in [-0.3, -0.25) is 4.79 Å². The number of amides is 1. The first-order chi connectivity index (χ1) is 13.1. The molecule has 1 heterocycles. The maximum absolute atomic E-state index is 13.9. The van der Waals surface area contributed by atoms with Gasteiger partial charge in [-0.2, -0.15) is 0 Å². The van der Waals surface area contributed by atoms with Gasteiger partial charge in [0.15, 0.2) is 0 Å². The fraction of sp³-hybridized carbons (Fsp3) is 0.0588. The predicted octanol–water partition coefficient (Wildman–Crippen LogP) is 4.40. The van der Waals surface area contributed by atoms with Crippen LogP contribution in [0.15, 0.2) is 47.5 Å². The molecule has 0 saturated carbocycles. The first-order valence-electron chi connectivity index (χ1n) is 7.62. The Kier molecular flexibility index (Phi) is 5.67. The Balaban J connectivity index is 1.94. The molecule has 1 N–H and O–H groups in total. The van der Waals surface area contributed by atoms with Gasteiger partial charge in [0.2, 0.25) is 0 Å². The Morgan fingerprint density at radius 2 is 1.79 bits per heavy atom. The Morgan fingerprint density at radius 1 is 1.14 bits per heavy atom. The number of imidazole rings is 1. The molecule has 3 rings (SSSR count).